The highest BCUT2D eigenvalue weighted by Gasteiger charge is 2.07. The van der Waals surface area contributed by atoms with Gasteiger partial charge in [0, 0.05) is 31.5 Å². The summed E-state index contributed by atoms with van der Waals surface area (Å²) < 4.78 is 5.01. The fourth-order valence-corrected chi connectivity index (χ4v) is 2.03. The van der Waals surface area contributed by atoms with Crippen molar-refractivity contribution in [3.63, 3.8) is 0 Å². The van der Waals surface area contributed by atoms with Crippen molar-refractivity contribution in [3.8, 4) is 0 Å². The monoisotopic (exact) mass is 286 g/mol. The Kier molecular flexibility index (Phi) is 5.51. The van der Waals surface area contributed by atoms with E-state index in [2.05, 4.69) is 39.7 Å². The maximum Gasteiger partial charge on any atom is 0.224 e. The third-order valence-corrected chi connectivity index (χ3v) is 3.11. The van der Waals surface area contributed by atoms with Gasteiger partial charge in [0.1, 0.15) is 5.82 Å². The Morgan fingerprint density at radius 3 is 2.67 bits per heavy atom. The Labute approximate surface area is 125 Å². The first-order valence-corrected chi connectivity index (χ1v) is 7.09. The predicted molar refractivity (Wildman–Crippen MR) is 85.6 cm³/mol. The van der Waals surface area contributed by atoms with E-state index in [-0.39, 0.29) is 6.04 Å². The molecule has 2 N–H and O–H groups in total. The summed E-state index contributed by atoms with van der Waals surface area (Å²) in [7, 11) is 1.67. The van der Waals surface area contributed by atoms with Crippen LogP contribution in [-0.2, 0) is 4.74 Å². The van der Waals surface area contributed by atoms with Crippen LogP contribution in [0.5, 0.6) is 0 Å². The molecule has 1 atom stereocenters. The molecule has 1 aromatic heterocycles. The molecule has 0 aliphatic rings. The first-order valence-electron chi connectivity index (χ1n) is 7.09. The SMILES string of the molecule is COCCNc1nc(C)cc(NC(C)c2ccccc2)n1. The smallest absolute Gasteiger partial charge is 0.224 e. The van der Waals surface area contributed by atoms with Gasteiger partial charge in [-0.3, -0.25) is 0 Å². The average molecular weight is 286 g/mol. The third-order valence-electron chi connectivity index (χ3n) is 3.11. The van der Waals surface area contributed by atoms with Crippen LogP contribution in [0, 0.1) is 6.92 Å². The number of aromatic nitrogens is 2. The molecule has 5 nitrogen and oxygen atoms in total. The molecule has 2 rings (SSSR count). The van der Waals surface area contributed by atoms with E-state index in [1.54, 1.807) is 7.11 Å². The highest BCUT2D eigenvalue weighted by Crippen LogP contribution is 2.18. The van der Waals surface area contributed by atoms with Crippen LogP contribution in [0.2, 0.25) is 0 Å². The van der Waals surface area contributed by atoms with E-state index in [4.69, 9.17) is 4.74 Å². The second-order valence-electron chi connectivity index (χ2n) is 4.91. The van der Waals surface area contributed by atoms with Gasteiger partial charge in [-0.15, -0.1) is 0 Å². The minimum atomic E-state index is 0.187. The lowest BCUT2D eigenvalue weighted by Crippen LogP contribution is -2.13. The Morgan fingerprint density at radius 2 is 1.95 bits per heavy atom. The van der Waals surface area contributed by atoms with Gasteiger partial charge < -0.3 is 15.4 Å². The zero-order chi connectivity index (χ0) is 15.1. The normalized spacial score (nSPS) is 12.0. The van der Waals surface area contributed by atoms with E-state index in [1.807, 2.05) is 31.2 Å². The van der Waals surface area contributed by atoms with Crippen LogP contribution in [0.1, 0.15) is 24.2 Å². The van der Waals surface area contributed by atoms with Crippen LogP contribution in [0.4, 0.5) is 11.8 Å². The molecular formula is C16H22N4O. The van der Waals surface area contributed by atoms with Crippen molar-refractivity contribution in [1.82, 2.24) is 9.97 Å². The molecule has 1 heterocycles. The second kappa shape index (κ2) is 7.59. The molecule has 5 heteroatoms. The minimum absolute atomic E-state index is 0.187. The van der Waals surface area contributed by atoms with Crippen molar-refractivity contribution < 1.29 is 4.74 Å². The number of ether oxygens (including phenoxy) is 1. The highest BCUT2D eigenvalue weighted by molar-refractivity contribution is 5.44. The van der Waals surface area contributed by atoms with Crippen LogP contribution in [0.25, 0.3) is 0 Å². The van der Waals surface area contributed by atoms with E-state index >= 15 is 0 Å². The number of anilines is 2. The van der Waals surface area contributed by atoms with Crippen molar-refractivity contribution in [2.45, 2.75) is 19.9 Å². The second-order valence-corrected chi connectivity index (χ2v) is 4.91. The van der Waals surface area contributed by atoms with Crippen LogP contribution in [-0.4, -0.2) is 30.2 Å². The molecule has 0 bridgehead atoms. The first-order chi connectivity index (χ1) is 10.2. The number of rotatable bonds is 7. The summed E-state index contributed by atoms with van der Waals surface area (Å²) in [5, 5.41) is 6.56. The van der Waals surface area contributed by atoms with Crippen molar-refractivity contribution in [1.29, 1.82) is 0 Å². The number of benzene rings is 1. The van der Waals surface area contributed by atoms with E-state index in [9.17, 15) is 0 Å². The fourth-order valence-electron chi connectivity index (χ4n) is 2.03. The van der Waals surface area contributed by atoms with Crippen LogP contribution < -0.4 is 10.6 Å². The van der Waals surface area contributed by atoms with Gasteiger partial charge in [0.15, 0.2) is 0 Å². The van der Waals surface area contributed by atoms with Crippen molar-refractivity contribution in [2.24, 2.45) is 0 Å². The predicted octanol–water partition coefficient (Wildman–Crippen LogP) is 3.02. The van der Waals surface area contributed by atoms with Gasteiger partial charge >= 0.3 is 0 Å². The van der Waals surface area contributed by atoms with E-state index in [1.165, 1.54) is 5.56 Å². The molecule has 0 saturated carbocycles. The summed E-state index contributed by atoms with van der Waals surface area (Å²) in [6.45, 7) is 5.39. The highest BCUT2D eigenvalue weighted by atomic mass is 16.5. The number of aryl methyl sites for hydroxylation is 1. The summed E-state index contributed by atoms with van der Waals surface area (Å²) in [5.41, 5.74) is 2.15. The maximum atomic E-state index is 5.01. The molecule has 0 spiro atoms. The molecule has 0 aliphatic carbocycles. The molecule has 0 amide bonds. The van der Waals surface area contributed by atoms with Gasteiger partial charge in [0.2, 0.25) is 5.95 Å². The van der Waals surface area contributed by atoms with E-state index < -0.39 is 0 Å². The molecule has 0 saturated heterocycles. The zero-order valence-corrected chi connectivity index (χ0v) is 12.8. The largest absolute Gasteiger partial charge is 0.383 e. The fraction of sp³-hybridized carbons (Fsp3) is 0.375. The van der Waals surface area contributed by atoms with Crippen molar-refractivity contribution in [2.75, 3.05) is 30.9 Å². The topological polar surface area (TPSA) is 59.1 Å². The van der Waals surface area contributed by atoms with Crippen LogP contribution in [0.3, 0.4) is 0 Å². The summed E-state index contributed by atoms with van der Waals surface area (Å²) >= 11 is 0. The van der Waals surface area contributed by atoms with Gasteiger partial charge in [0.05, 0.1) is 6.61 Å². The Morgan fingerprint density at radius 1 is 1.19 bits per heavy atom. The van der Waals surface area contributed by atoms with Gasteiger partial charge in [-0.05, 0) is 19.4 Å². The summed E-state index contributed by atoms with van der Waals surface area (Å²) in [6, 6.07) is 12.4. The number of nitrogens with zero attached hydrogens (tertiary/aromatic N) is 2. The first kappa shape index (κ1) is 15.3. The van der Waals surface area contributed by atoms with Gasteiger partial charge in [0.25, 0.3) is 0 Å². The molecule has 1 unspecified atom stereocenters. The minimum Gasteiger partial charge on any atom is -0.383 e. The maximum absolute atomic E-state index is 5.01. The number of methoxy groups -OCH3 is 1. The molecule has 0 aliphatic heterocycles. The Balaban J connectivity index is 2.05. The third kappa shape index (κ3) is 4.72. The van der Waals surface area contributed by atoms with Crippen molar-refractivity contribution >= 4 is 11.8 Å². The lowest BCUT2D eigenvalue weighted by atomic mass is 10.1. The number of hydrogen-bond donors (Lipinski definition) is 2. The van der Waals surface area contributed by atoms with Gasteiger partial charge in [-0.2, -0.15) is 4.98 Å². The number of nitrogens with one attached hydrogen (secondary N) is 2. The lowest BCUT2D eigenvalue weighted by Gasteiger charge is -2.16. The zero-order valence-electron chi connectivity index (χ0n) is 12.8. The quantitative estimate of drug-likeness (QED) is 0.766. The standard InChI is InChI=1S/C16H22N4O/c1-12-11-15(20-16(18-12)17-9-10-21-3)19-13(2)14-7-5-4-6-8-14/h4-8,11,13H,9-10H2,1-3H3,(H2,17,18,19,20). The summed E-state index contributed by atoms with van der Waals surface area (Å²) in [5.74, 6) is 1.44. The molecule has 21 heavy (non-hydrogen) atoms. The van der Waals surface area contributed by atoms with Crippen molar-refractivity contribution in [3.05, 3.63) is 47.7 Å². The molecule has 112 valence electrons. The average Bonchev–Trinajstić information content (AvgIpc) is 2.48. The summed E-state index contributed by atoms with van der Waals surface area (Å²) in [6.07, 6.45) is 0. The van der Waals surface area contributed by atoms with Gasteiger partial charge in [-0.1, -0.05) is 30.3 Å². The molecule has 2 aromatic rings. The Bertz CT molecular complexity index is 559. The lowest BCUT2D eigenvalue weighted by molar-refractivity contribution is 0.210. The van der Waals surface area contributed by atoms with Crippen LogP contribution >= 0.6 is 0 Å². The molecule has 0 fully saturated rings. The van der Waals surface area contributed by atoms with E-state index in [0.717, 1.165) is 11.5 Å². The summed E-state index contributed by atoms with van der Waals surface area (Å²) in [4.78, 5) is 8.85. The molecular weight excluding hydrogens is 264 g/mol. The molecule has 1 aromatic carbocycles. The molecule has 0 radical (unpaired) electrons. The van der Waals surface area contributed by atoms with Gasteiger partial charge in [-0.25, -0.2) is 4.98 Å². The van der Waals surface area contributed by atoms with E-state index in [0.29, 0.717) is 19.1 Å². The number of hydrogen-bond acceptors (Lipinski definition) is 5. The van der Waals surface area contributed by atoms with Crippen LogP contribution in [0.15, 0.2) is 36.4 Å². The Hall–Kier alpha value is -2.14.